The van der Waals surface area contributed by atoms with Crippen LogP contribution in [0.1, 0.15) is 37.3 Å². The Labute approximate surface area is 114 Å². The van der Waals surface area contributed by atoms with Crippen LogP contribution < -0.4 is 11.1 Å². The third-order valence-corrected chi connectivity index (χ3v) is 4.93. The van der Waals surface area contributed by atoms with Gasteiger partial charge in [-0.05, 0) is 43.7 Å². The van der Waals surface area contributed by atoms with Crippen LogP contribution in [0.2, 0.25) is 0 Å². The lowest BCUT2D eigenvalue weighted by molar-refractivity contribution is -0.131. The maximum Gasteiger partial charge on any atom is 0.227 e. The van der Waals surface area contributed by atoms with Gasteiger partial charge in [-0.25, -0.2) is 0 Å². The van der Waals surface area contributed by atoms with Gasteiger partial charge in [-0.2, -0.15) is 0 Å². The Morgan fingerprint density at radius 2 is 1.95 bits per heavy atom. The second-order valence-corrected chi connectivity index (χ2v) is 6.26. The van der Waals surface area contributed by atoms with Gasteiger partial charge in [-0.15, -0.1) is 0 Å². The van der Waals surface area contributed by atoms with Crippen LogP contribution >= 0.6 is 0 Å². The van der Waals surface area contributed by atoms with E-state index in [4.69, 9.17) is 5.73 Å². The van der Waals surface area contributed by atoms with Crippen LogP contribution in [-0.4, -0.2) is 18.0 Å². The van der Waals surface area contributed by atoms with E-state index in [-0.39, 0.29) is 23.4 Å². The summed E-state index contributed by atoms with van der Waals surface area (Å²) >= 11 is 0. The largest absolute Gasteiger partial charge is 0.352 e. The van der Waals surface area contributed by atoms with Crippen molar-refractivity contribution in [3.63, 3.8) is 0 Å². The van der Waals surface area contributed by atoms with Gasteiger partial charge in [0.1, 0.15) is 0 Å². The zero-order valence-corrected chi connectivity index (χ0v) is 11.5. The smallest absolute Gasteiger partial charge is 0.227 e. The lowest BCUT2D eigenvalue weighted by Gasteiger charge is -2.29. The van der Waals surface area contributed by atoms with Crippen LogP contribution in [-0.2, 0) is 17.6 Å². The summed E-state index contributed by atoms with van der Waals surface area (Å²) in [6.07, 6.45) is 4.85. The van der Waals surface area contributed by atoms with E-state index >= 15 is 0 Å². The summed E-state index contributed by atoms with van der Waals surface area (Å²) in [4.78, 5) is 12.5. The summed E-state index contributed by atoms with van der Waals surface area (Å²) in [5.41, 5.74) is 8.48. The van der Waals surface area contributed by atoms with Crippen LogP contribution in [0.25, 0.3) is 0 Å². The number of hydrogen-bond donors (Lipinski definition) is 2. The predicted molar refractivity (Wildman–Crippen MR) is 75.7 cm³/mol. The summed E-state index contributed by atoms with van der Waals surface area (Å²) in [7, 11) is 0. The molecule has 19 heavy (non-hydrogen) atoms. The SMILES string of the molecule is CC1(C(=O)NC2Cc3ccccc3C2)CCCC1N. The molecular weight excluding hydrogens is 236 g/mol. The Morgan fingerprint density at radius 3 is 2.47 bits per heavy atom. The number of fused-ring (bicyclic) bond motifs is 1. The molecule has 1 amide bonds. The average molecular weight is 258 g/mol. The lowest BCUT2D eigenvalue weighted by atomic mass is 9.84. The molecule has 0 radical (unpaired) electrons. The van der Waals surface area contributed by atoms with Gasteiger partial charge in [0.25, 0.3) is 0 Å². The van der Waals surface area contributed by atoms with Gasteiger partial charge in [0.15, 0.2) is 0 Å². The molecule has 1 fully saturated rings. The molecule has 0 aromatic heterocycles. The Kier molecular flexibility index (Phi) is 3.09. The molecule has 102 valence electrons. The van der Waals surface area contributed by atoms with Crippen molar-refractivity contribution < 1.29 is 4.79 Å². The van der Waals surface area contributed by atoms with Crippen LogP contribution in [0.3, 0.4) is 0 Å². The lowest BCUT2D eigenvalue weighted by Crippen LogP contribution is -2.50. The molecule has 3 N–H and O–H groups in total. The number of benzene rings is 1. The van der Waals surface area contributed by atoms with Crippen molar-refractivity contribution in [2.24, 2.45) is 11.1 Å². The standard InChI is InChI=1S/C16H22N2O/c1-16(8-4-7-14(16)17)15(19)18-13-9-11-5-2-3-6-12(11)10-13/h2-3,5-6,13-14H,4,7-10,17H2,1H3,(H,18,19). The molecule has 2 unspecified atom stereocenters. The fourth-order valence-corrected chi connectivity index (χ4v) is 3.49. The molecule has 2 aliphatic carbocycles. The summed E-state index contributed by atoms with van der Waals surface area (Å²) in [6.45, 7) is 2.02. The summed E-state index contributed by atoms with van der Waals surface area (Å²) in [5.74, 6) is 0.148. The van der Waals surface area contributed by atoms with E-state index in [0.29, 0.717) is 0 Å². The van der Waals surface area contributed by atoms with E-state index in [1.54, 1.807) is 0 Å². The molecule has 0 heterocycles. The molecule has 2 aliphatic rings. The minimum absolute atomic E-state index is 0.0104. The zero-order valence-electron chi connectivity index (χ0n) is 11.5. The Balaban J connectivity index is 1.66. The van der Waals surface area contributed by atoms with Crippen molar-refractivity contribution in [2.45, 2.75) is 51.1 Å². The predicted octanol–water partition coefficient (Wildman–Crippen LogP) is 1.79. The maximum absolute atomic E-state index is 12.5. The molecular formula is C16H22N2O. The molecule has 0 aliphatic heterocycles. The first-order chi connectivity index (χ1) is 9.09. The summed E-state index contributed by atoms with van der Waals surface area (Å²) < 4.78 is 0. The van der Waals surface area contributed by atoms with E-state index in [1.165, 1.54) is 11.1 Å². The van der Waals surface area contributed by atoms with Gasteiger partial charge in [-0.3, -0.25) is 4.79 Å². The first-order valence-corrected chi connectivity index (χ1v) is 7.23. The van der Waals surface area contributed by atoms with E-state index in [1.807, 2.05) is 6.92 Å². The highest BCUT2D eigenvalue weighted by Crippen LogP contribution is 2.37. The quantitative estimate of drug-likeness (QED) is 0.849. The number of carbonyl (C=O) groups is 1. The number of carbonyl (C=O) groups excluding carboxylic acids is 1. The third kappa shape index (κ3) is 2.16. The monoisotopic (exact) mass is 258 g/mol. The Morgan fingerprint density at radius 1 is 1.32 bits per heavy atom. The minimum Gasteiger partial charge on any atom is -0.352 e. The highest BCUT2D eigenvalue weighted by Gasteiger charge is 2.43. The van der Waals surface area contributed by atoms with Gasteiger partial charge >= 0.3 is 0 Å². The molecule has 0 bridgehead atoms. The Hall–Kier alpha value is -1.35. The highest BCUT2D eigenvalue weighted by molar-refractivity contribution is 5.83. The van der Waals surface area contributed by atoms with Crippen molar-refractivity contribution in [3.05, 3.63) is 35.4 Å². The van der Waals surface area contributed by atoms with Crippen LogP contribution in [0.5, 0.6) is 0 Å². The maximum atomic E-state index is 12.5. The number of nitrogens with one attached hydrogen (secondary N) is 1. The van der Waals surface area contributed by atoms with Gasteiger partial charge < -0.3 is 11.1 Å². The molecule has 0 saturated heterocycles. The molecule has 1 aromatic carbocycles. The van der Waals surface area contributed by atoms with Crippen molar-refractivity contribution in [3.8, 4) is 0 Å². The van der Waals surface area contributed by atoms with Crippen LogP contribution in [0.15, 0.2) is 24.3 Å². The number of nitrogens with two attached hydrogens (primary N) is 1. The van der Waals surface area contributed by atoms with Crippen LogP contribution in [0, 0.1) is 5.41 Å². The molecule has 2 atom stereocenters. The number of rotatable bonds is 2. The van der Waals surface area contributed by atoms with Crippen molar-refractivity contribution in [2.75, 3.05) is 0 Å². The molecule has 0 spiro atoms. The first kappa shape index (κ1) is 12.7. The highest BCUT2D eigenvalue weighted by atomic mass is 16.2. The van der Waals surface area contributed by atoms with E-state index in [9.17, 15) is 4.79 Å². The van der Waals surface area contributed by atoms with Crippen molar-refractivity contribution in [1.29, 1.82) is 0 Å². The Bertz CT molecular complexity index is 474. The topological polar surface area (TPSA) is 55.1 Å². The number of amides is 1. The fourth-order valence-electron chi connectivity index (χ4n) is 3.49. The van der Waals surface area contributed by atoms with Gasteiger partial charge in [0.2, 0.25) is 5.91 Å². The summed E-state index contributed by atoms with van der Waals surface area (Å²) in [6, 6.07) is 8.70. The average Bonchev–Trinajstić information content (AvgIpc) is 2.94. The second kappa shape index (κ2) is 4.64. The summed E-state index contributed by atoms with van der Waals surface area (Å²) in [5, 5.41) is 3.22. The molecule has 1 saturated carbocycles. The third-order valence-electron chi connectivity index (χ3n) is 4.93. The van der Waals surface area contributed by atoms with Crippen molar-refractivity contribution in [1.82, 2.24) is 5.32 Å². The first-order valence-electron chi connectivity index (χ1n) is 7.23. The second-order valence-electron chi connectivity index (χ2n) is 6.26. The van der Waals surface area contributed by atoms with Gasteiger partial charge in [0, 0.05) is 12.1 Å². The van der Waals surface area contributed by atoms with Gasteiger partial charge in [-0.1, -0.05) is 30.7 Å². The van der Waals surface area contributed by atoms with E-state index < -0.39 is 0 Å². The molecule has 1 aromatic rings. The van der Waals surface area contributed by atoms with Crippen molar-refractivity contribution >= 4 is 5.91 Å². The van der Waals surface area contributed by atoms with E-state index in [0.717, 1.165) is 32.1 Å². The molecule has 3 nitrogen and oxygen atoms in total. The zero-order chi connectivity index (χ0) is 13.5. The number of hydrogen-bond acceptors (Lipinski definition) is 2. The fraction of sp³-hybridized carbons (Fsp3) is 0.562. The molecule has 3 rings (SSSR count). The van der Waals surface area contributed by atoms with Gasteiger partial charge in [0.05, 0.1) is 5.41 Å². The minimum atomic E-state index is -0.366. The molecule has 3 heteroatoms. The normalized spacial score (nSPS) is 30.3. The van der Waals surface area contributed by atoms with E-state index in [2.05, 4.69) is 29.6 Å². The van der Waals surface area contributed by atoms with Crippen LogP contribution in [0.4, 0.5) is 0 Å².